The predicted molar refractivity (Wildman–Crippen MR) is 233 cm³/mol. The van der Waals surface area contributed by atoms with Crippen molar-refractivity contribution in [2.75, 3.05) is 0 Å². The average Bonchev–Trinajstić information content (AvgIpc) is 3.84. The number of benzene rings is 8. The summed E-state index contributed by atoms with van der Waals surface area (Å²) in [6.45, 7) is 0. The van der Waals surface area contributed by atoms with Crippen LogP contribution in [0.1, 0.15) is 5.56 Å². The van der Waals surface area contributed by atoms with E-state index in [-0.39, 0.29) is 0 Å². The minimum Gasteiger partial charge on any atom is -0.456 e. The van der Waals surface area contributed by atoms with Crippen LogP contribution in [0.15, 0.2) is 192 Å². The van der Waals surface area contributed by atoms with Gasteiger partial charge in [0.15, 0.2) is 17.5 Å². The van der Waals surface area contributed by atoms with E-state index in [1.165, 1.54) is 0 Å². The second-order valence-corrected chi connectivity index (χ2v) is 14.4. The number of rotatable bonds is 6. The highest BCUT2D eigenvalue weighted by atomic mass is 16.3. The molecule has 0 atom stereocenters. The van der Waals surface area contributed by atoms with Gasteiger partial charge in [-0.2, -0.15) is 5.26 Å². The van der Waals surface area contributed by atoms with Gasteiger partial charge in [-0.1, -0.05) is 127 Å². The molecule has 0 amide bonds. The molecule has 0 unspecified atom stereocenters. The molecule has 0 saturated carbocycles. The van der Waals surface area contributed by atoms with Gasteiger partial charge in [-0.25, -0.2) is 15.0 Å². The standard InChI is InChI=1S/C52H31N5O/c53-32-33-19-21-34(22-20-33)37-24-27-46-43(29-37)40-15-7-9-17-45(40)57(46)47-28-25-38(39-23-26-42-41-16-8-10-18-48(41)58-49(42)31-39)30-44(47)52-55-50(35-11-3-1-4-12-35)54-51(56-52)36-13-5-2-6-14-36/h1-31H. The SMILES string of the molecule is N#Cc1ccc(-c2ccc3c(c2)c2ccccc2n3-c2ccc(-c3ccc4c(c3)oc3ccccc34)cc2-c2nc(-c3ccccc3)nc(-c3ccccc3)n2)cc1. The van der Waals surface area contributed by atoms with E-state index in [1.807, 2.05) is 103 Å². The molecule has 0 bridgehead atoms. The third kappa shape index (κ3) is 5.61. The lowest BCUT2D eigenvalue weighted by molar-refractivity contribution is 0.669. The van der Waals surface area contributed by atoms with E-state index in [2.05, 4.69) is 95.6 Å². The smallest absolute Gasteiger partial charge is 0.166 e. The molecule has 3 aromatic heterocycles. The zero-order valence-electron chi connectivity index (χ0n) is 31.0. The van der Waals surface area contributed by atoms with E-state index in [4.69, 9.17) is 19.4 Å². The molecule has 6 nitrogen and oxygen atoms in total. The van der Waals surface area contributed by atoms with Crippen molar-refractivity contribution in [2.24, 2.45) is 0 Å². The molecule has 0 saturated heterocycles. The molecular formula is C52H31N5O. The molecule has 0 N–H and O–H groups in total. The Bertz CT molecular complexity index is 3340. The fraction of sp³-hybridized carbons (Fsp3) is 0. The number of furan rings is 1. The van der Waals surface area contributed by atoms with Crippen LogP contribution in [0.2, 0.25) is 0 Å². The summed E-state index contributed by atoms with van der Waals surface area (Å²) in [7, 11) is 0. The topological polar surface area (TPSA) is 80.5 Å². The van der Waals surface area contributed by atoms with Gasteiger partial charge in [-0.05, 0) is 82.9 Å². The van der Waals surface area contributed by atoms with Crippen LogP contribution in [0.3, 0.4) is 0 Å². The molecule has 270 valence electrons. The molecule has 0 aliphatic rings. The number of aromatic nitrogens is 4. The Kier molecular flexibility index (Phi) is 7.76. The molecule has 0 radical (unpaired) electrons. The highest BCUT2D eigenvalue weighted by Crippen LogP contribution is 2.40. The molecule has 11 rings (SSSR count). The van der Waals surface area contributed by atoms with Gasteiger partial charge < -0.3 is 8.98 Å². The van der Waals surface area contributed by atoms with Crippen LogP contribution >= 0.6 is 0 Å². The van der Waals surface area contributed by atoms with Crippen molar-refractivity contribution in [3.8, 4) is 68.2 Å². The zero-order valence-corrected chi connectivity index (χ0v) is 31.0. The first kappa shape index (κ1) is 33.2. The second kappa shape index (κ2) is 13.6. The molecule has 0 spiro atoms. The normalized spacial score (nSPS) is 11.4. The van der Waals surface area contributed by atoms with Crippen LogP contribution < -0.4 is 0 Å². The average molecular weight is 742 g/mol. The molecule has 11 aromatic rings. The lowest BCUT2D eigenvalue weighted by Gasteiger charge is -2.16. The summed E-state index contributed by atoms with van der Waals surface area (Å²) in [5.74, 6) is 1.76. The first-order valence-electron chi connectivity index (χ1n) is 19.2. The third-order valence-electron chi connectivity index (χ3n) is 10.9. The molecule has 0 aliphatic heterocycles. The van der Waals surface area contributed by atoms with Gasteiger partial charge in [0.2, 0.25) is 0 Å². The van der Waals surface area contributed by atoms with Crippen LogP contribution in [-0.4, -0.2) is 19.5 Å². The Balaban J connectivity index is 1.17. The lowest BCUT2D eigenvalue weighted by atomic mass is 9.99. The Labute approximate surface area is 333 Å². The summed E-state index contributed by atoms with van der Waals surface area (Å²) >= 11 is 0. The minimum atomic E-state index is 0.564. The monoisotopic (exact) mass is 741 g/mol. The van der Waals surface area contributed by atoms with Crippen molar-refractivity contribution < 1.29 is 4.42 Å². The van der Waals surface area contributed by atoms with Gasteiger partial charge in [0.1, 0.15) is 11.2 Å². The largest absolute Gasteiger partial charge is 0.456 e. The Hall–Kier alpha value is -8.14. The van der Waals surface area contributed by atoms with E-state index in [1.54, 1.807) is 0 Å². The van der Waals surface area contributed by atoms with Gasteiger partial charge in [0, 0.05) is 38.2 Å². The Morgan fingerprint density at radius 1 is 0.397 bits per heavy atom. The summed E-state index contributed by atoms with van der Waals surface area (Å²) in [4.78, 5) is 15.5. The summed E-state index contributed by atoms with van der Waals surface area (Å²) in [5.41, 5.74) is 12.2. The Morgan fingerprint density at radius 2 is 0.948 bits per heavy atom. The van der Waals surface area contributed by atoms with Crippen molar-refractivity contribution in [3.63, 3.8) is 0 Å². The zero-order chi connectivity index (χ0) is 38.6. The fourth-order valence-corrected chi connectivity index (χ4v) is 8.07. The fourth-order valence-electron chi connectivity index (χ4n) is 8.07. The summed E-state index contributed by atoms with van der Waals surface area (Å²) in [6.07, 6.45) is 0. The molecule has 0 fully saturated rings. The number of hydrogen-bond acceptors (Lipinski definition) is 5. The van der Waals surface area contributed by atoms with Crippen LogP contribution in [-0.2, 0) is 0 Å². The highest BCUT2D eigenvalue weighted by Gasteiger charge is 2.21. The number of nitriles is 1. The van der Waals surface area contributed by atoms with Crippen LogP contribution in [0.25, 0.3) is 106 Å². The van der Waals surface area contributed by atoms with E-state index in [9.17, 15) is 5.26 Å². The first-order valence-corrected chi connectivity index (χ1v) is 19.2. The maximum atomic E-state index is 9.40. The molecule has 0 aliphatic carbocycles. The summed E-state index contributed by atoms with van der Waals surface area (Å²) in [6, 6.07) is 66.4. The van der Waals surface area contributed by atoms with E-state index < -0.39 is 0 Å². The third-order valence-corrected chi connectivity index (χ3v) is 10.9. The summed E-state index contributed by atoms with van der Waals surface area (Å²) < 4.78 is 8.66. The van der Waals surface area contributed by atoms with Gasteiger partial charge >= 0.3 is 0 Å². The van der Waals surface area contributed by atoms with Crippen molar-refractivity contribution in [1.29, 1.82) is 5.26 Å². The van der Waals surface area contributed by atoms with Gasteiger partial charge in [-0.15, -0.1) is 0 Å². The molecule has 58 heavy (non-hydrogen) atoms. The molecule has 6 heteroatoms. The van der Waals surface area contributed by atoms with Crippen molar-refractivity contribution in [2.45, 2.75) is 0 Å². The second-order valence-electron chi connectivity index (χ2n) is 14.4. The van der Waals surface area contributed by atoms with Gasteiger partial charge in [0.05, 0.1) is 28.4 Å². The van der Waals surface area contributed by atoms with Crippen molar-refractivity contribution in [3.05, 3.63) is 194 Å². The maximum Gasteiger partial charge on any atom is 0.166 e. The molecular weight excluding hydrogens is 711 g/mol. The van der Waals surface area contributed by atoms with Crippen LogP contribution in [0.5, 0.6) is 0 Å². The Morgan fingerprint density at radius 3 is 1.69 bits per heavy atom. The quantitative estimate of drug-likeness (QED) is 0.169. The lowest BCUT2D eigenvalue weighted by Crippen LogP contribution is -2.04. The van der Waals surface area contributed by atoms with Gasteiger partial charge in [0.25, 0.3) is 0 Å². The molecule has 8 aromatic carbocycles. The van der Waals surface area contributed by atoms with Crippen molar-refractivity contribution >= 4 is 43.7 Å². The molecule has 3 heterocycles. The van der Waals surface area contributed by atoms with E-state index in [0.717, 1.165) is 88.4 Å². The first-order chi connectivity index (χ1) is 28.7. The van der Waals surface area contributed by atoms with E-state index in [0.29, 0.717) is 23.0 Å². The van der Waals surface area contributed by atoms with E-state index >= 15 is 0 Å². The summed E-state index contributed by atoms with van der Waals surface area (Å²) in [5, 5.41) is 13.8. The number of hydrogen-bond donors (Lipinski definition) is 0. The van der Waals surface area contributed by atoms with Crippen molar-refractivity contribution in [1.82, 2.24) is 19.5 Å². The maximum absolute atomic E-state index is 9.40. The van der Waals surface area contributed by atoms with Gasteiger partial charge in [-0.3, -0.25) is 0 Å². The number of para-hydroxylation sites is 2. The van der Waals surface area contributed by atoms with Crippen LogP contribution in [0.4, 0.5) is 0 Å². The van der Waals surface area contributed by atoms with Crippen LogP contribution in [0, 0.1) is 11.3 Å². The number of nitrogens with zero attached hydrogens (tertiary/aromatic N) is 5. The predicted octanol–water partition coefficient (Wildman–Crippen LogP) is 13.1. The highest BCUT2D eigenvalue weighted by molar-refractivity contribution is 6.11. The number of fused-ring (bicyclic) bond motifs is 6. The minimum absolute atomic E-state index is 0.564.